The number of anilines is 1. The molecule has 0 amide bonds. The van der Waals surface area contributed by atoms with Crippen LogP contribution in [0.1, 0.15) is 0 Å². The minimum absolute atomic E-state index is 0.468. The number of rotatable bonds is 2. The van der Waals surface area contributed by atoms with Crippen LogP contribution in [0.25, 0.3) is 0 Å². The van der Waals surface area contributed by atoms with E-state index < -0.39 is 0 Å². The maximum absolute atomic E-state index is 5.63. The molecule has 0 atom stereocenters. The van der Waals surface area contributed by atoms with Gasteiger partial charge in [-0.2, -0.15) is 0 Å². The highest BCUT2D eigenvalue weighted by Crippen LogP contribution is 2.26. The Balaban J connectivity index is 2.26. The Hall–Kier alpha value is -1.62. The second kappa shape index (κ2) is 4.27. The number of aromatic nitrogens is 2. The van der Waals surface area contributed by atoms with Crippen molar-refractivity contribution < 1.29 is 4.74 Å². The monoisotopic (exact) mass is 265 g/mol. The first kappa shape index (κ1) is 9.92. The van der Waals surface area contributed by atoms with Crippen molar-refractivity contribution in [2.24, 2.45) is 0 Å². The predicted octanol–water partition coefficient (Wildman–Crippen LogP) is 2.61. The van der Waals surface area contributed by atoms with Crippen LogP contribution in [0, 0.1) is 0 Å². The molecule has 0 saturated heterocycles. The van der Waals surface area contributed by atoms with Crippen LogP contribution in [0.4, 0.5) is 5.69 Å². The molecule has 15 heavy (non-hydrogen) atoms. The van der Waals surface area contributed by atoms with E-state index in [1.54, 1.807) is 18.3 Å². The number of ether oxygens (including phenoxy) is 1. The lowest BCUT2D eigenvalue weighted by atomic mass is 10.3. The van der Waals surface area contributed by atoms with Gasteiger partial charge in [0.05, 0.1) is 4.47 Å². The molecule has 0 aliphatic heterocycles. The fraction of sp³-hybridized carbons (Fsp3) is 0. The lowest BCUT2D eigenvalue weighted by molar-refractivity contribution is 0.458. The third kappa shape index (κ3) is 2.44. The van der Waals surface area contributed by atoms with Crippen LogP contribution < -0.4 is 10.5 Å². The van der Waals surface area contributed by atoms with Gasteiger partial charge in [0.15, 0.2) is 0 Å². The van der Waals surface area contributed by atoms with Gasteiger partial charge in [0.2, 0.25) is 5.88 Å². The fourth-order valence-electron chi connectivity index (χ4n) is 1.07. The number of nitrogens with zero attached hydrogens (tertiary/aromatic N) is 2. The Morgan fingerprint density at radius 3 is 2.93 bits per heavy atom. The quantitative estimate of drug-likeness (QED) is 0.849. The van der Waals surface area contributed by atoms with Gasteiger partial charge in [-0.25, -0.2) is 9.97 Å². The van der Waals surface area contributed by atoms with E-state index in [-0.39, 0.29) is 0 Å². The van der Waals surface area contributed by atoms with Crippen molar-refractivity contribution in [1.82, 2.24) is 9.97 Å². The topological polar surface area (TPSA) is 61.0 Å². The molecule has 0 radical (unpaired) electrons. The van der Waals surface area contributed by atoms with Crippen molar-refractivity contribution in [3.8, 4) is 11.6 Å². The Morgan fingerprint density at radius 1 is 1.33 bits per heavy atom. The molecule has 0 spiro atoms. The van der Waals surface area contributed by atoms with E-state index in [1.807, 2.05) is 12.1 Å². The number of benzene rings is 1. The summed E-state index contributed by atoms with van der Waals surface area (Å²) in [5, 5.41) is 0. The molecule has 4 nitrogen and oxygen atoms in total. The Morgan fingerprint density at radius 2 is 2.20 bits per heavy atom. The van der Waals surface area contributed by atoms with Crippen molar-refractivity contribution >= 4 is 21.6 Å². The molecule has 2 N–H and O–H groups in total. The minimum atomic E-state index is 0.468. The molecule has 0 fully saturated rings. The molecule has 0 saturated carbocycles. The first-order valence-corrected chi connectivity index (χ1v) is 5.04. The lowest BCUT2D eigenvalue weighted by Crippen LogP contribution is -1.91. The molecular formula is C10H8BrN3O. The van der Waals surface area contributed by atoms with Crippen LogP contribution in [0.5, 0.6) is 11.6 Å². The van der Waals surface area contributed by atoms with Crippen molar-refractivity contribution in [3.63, 3.8) is 0 Å². The van der Waals surface area contributed by atoms with E-state index in [0.717, 1.165) is 0 Å². The summed E-state index contributed by atoms with van der Waals surface area (Å²) in [6, 6.07) is 7.15. The molecule has 76 valence electrons. The molecule has 5 heteroatoms. The summed E-state index contributed by atoms with van der Waals surface area (Å²) >= 11 is 3.29. The molecule has 1 heterocycles. The predicted molar refractivity (Wildman–Crippen MR) is 60.7 cm³/mol. The first-order chi connectivity index (χ1) is 7.25. The Bertz CT molecular complexity index is 476. The molecule has 0 bridgehead atoms. The van der Waals surface area contributed by atoms with Gasteiger partial charge in [-0.05, 0) is 28.1 Å². The van der Waals surface area contributed by atoms with Crippen molar-refractivity contribution in [1.29, 1.82) is 0 Å². The second-order valence-corrected chi connectivity index (χ2v) is 3.70. The zero-order valence-corrected chi connectivity index (χ0v) is 9.31. The van der Waals surface area contributed by atoms with Gasteiger partial charge in [0, 0.05) is 18.0 Å². The summed E-state index contributed by atoms with van der Waals surface area (Å²) < 4.78 is 6.21. The summed E-state index contributed by atoms with van der Waals surface area (Å²) in [7, 11) is 0. The maximum Gasteiger partial charge on any atom is 0.236 e. The molecule has 2 aromatic rings. The number of hydrogen-bond donors (Lipinski definition) is 1. The first-order valence-electron chi connectivity index (χ1n) is 4.24. The molecule has 0 aliphatic carbocycles. The SMILES string of the molecule is Nc1cccc(Oc2ncncc2Br)c1. The number of nitrogen functional groups attached to an aromatic ring is 1. The molecule has 1 aromatic carbocycles. The van der Waals surface area contributed by atoms with Crippen LogP contribution in [0.2, 0.25) is 0 Å². The number of halogens is 1. The normalized spacial score (nSPS) is 9.93. The summed E-state index contributed by atoms with van der Waals surface area (Å²) in [6.07, 6.45) is 3.04. The Labute approximate surface area is 95.2 Å². The van der Waals surface area contributed by atoms with Gasteiger partial charge in [0.25, 0.3) is 0 Å². The van der Waals surface area contributed by atoms with Gasteiger partial charge < -0.3 is 10.5 Å². The summed E-state index contributed by atoms with van der Waals surface area (Å²) in [5.41, 5.74) is 6.28. The van der Waals surface area contributed by atoms with Gasteiger partial charge in [-0.3, -0.25) is 0 Å². The van der Waals surface area contributed by atoms with E-state index in [1.165, 1.54) is 6.33 Å². The fourth-order valence-corrected chi connectivity index (χ4v) is 1.37. The smallest absolute Gasteiger partial charge is 0.236 e. The lowest BCUT2D eigenvalue weighted by Gasteiger charge is -2.05. The van der Waals surface area contributed by atoms with Crippen molar-refractivity contribution in [3.05, 3.63) is 41.3 Å². The van der Waals surface area contributed by atoms with Crippen LogP contribution >= 0.6 is 15.9 Å². The molecule has 1 aromatic heterocycles. The molecular weight excluding hydrogens is 258 g/mol. The second-order valence-electron chi connectivity index (χ2n) is 2.85. The van der Waals surface area contributed by atoms with Crippen LogP contribution in [0.15, 0.2) is 41.3 Å². The molecule has 0 unspecified atom stereocenters. The average molecular weight is 266 g/mol. The average Bonchev–Trinajstić information content (AvgIpc) is 2.22. The summed E-state index contributed by atoms with van der Waals surface area (Å²) in [4.78, 5) is 7.82. The van der Waals surface area contributed by atoms with E-state index in [4.69, 9.17) is 10.5 Å². The zero-order valence-electron chi connectivity index (χ0n) is 7.72. The van der Waals surface area contributed by atoms with E-state index >= 15 is 0 Å². The van der Waals surface area contributed by atoms with Crippen LogP contribution in [-0.2, 0) is 0 Å². The van der Waals surface area contributed by atoms with Gasteiger partial charge in [-0.1, -0.05) is 6.07 Å². The van der Waals surface area contributed by atoms with Gasteiger partial charge in [-0.15, -0.1) is 0 Å². The van der Waals surface area contributed by atoms with E-state index in [0.29, 0.717) is 21.8 Å². The zero-order chi connectivity index (χ0) is 10.7. The summed E-state index contributed by atoms with van der Waals surface area (Å²) in [6.45, 7) is 0. The number of hydrogen-bond acceptors (Lipinski definition) is 4. The standard InChI is InChI=1S/C10H8BrN3O/c11-9-5-13-6-14-10(9)15-8-3-1-2-7(12)4-8/h1-6H,12H2. The van der Waals surface area contributed by atoms with Crippen LogP contribution in [-0.4, -0.2) is 9.97 Å². The largest absolute Gasteiger partial charge is 0.438 e. The van der Waals surface area contributed by atoms with E-state index in [9.17, 15) is 0 Å². The highest BCUT2D eigenvalue weighted by Gasteiger charge is 2.03. The highest BCUT2D eigenvalue weighted by molar-refractivity contribution is 9.10. The van der Waals surface area contributed by atoms with Gasteiger partial charge in [0.1, 0.15) is 12.1 Å². The van der Waals surface area contributed by atoms with Crippen LogP contribution in [0.3, 0.4) is 0 Å². The maximum atomic E-state index is 5.63. The van der Waals surface area contributed by atoms with E-state index in [2.05, 4.69) is 25.9 Å². The van der Waals surface area contributed by atoms with Crippen molar-refractivity contribution in [2.45, 2.75) is 0 Å². The third-order valence-corrected chi connectivity index (χ3v) is 2.25. The summed E-state index contributed by atoms with van der Waals surface area (Å²) in [5.74, 6) is 1.12. The minimum Gasteiger partial charge on any atom is -0.438 e. The van der Waals surface area contributed by atoms with Crippen molar-refractivity contribution in [2.75, 3.05) is 5.73 Å². The number of nitrogens with two attached hydrogens (primary N) is 1. The highest BCUT2D eigenvalue weighted by atomic mass is 79.9. The van der Waals surface area contributed by atoms with Gasteiger partial charge >= 0.3 is 0 Å². The third-order valence-electron chi connectivity index (χ3n) is 1.71. The molecule has 0 aliphatic rings. The molecule has 2 rings (SSSR count). The Kier molecular flexibility index (Phi) is 2.82.